The summed E-state index contributed by atoms with van der Waals surface area (Å²) in [6.45, 7) is 1.05. The Morgan fingerprint density at radius 1 is 1.11 bits per heavy atom. The first-order valence-corrected chi connectivity index (χ1v) is 5.42. The summed E-state index contributed by atoms with van der Waals surface area (Å²) < 4.78 is 38.8. The van der Waals surface area contributed by atoms with Crippen molar-refractivity contribution < 1.29 is 13.2 Å². The van der Waals surface area contributed by atoms with E-state index >= 15 is 0 Å². The predicted octanol–water partition coefficient (Wildman–Crippen LogP) is 2.53. The molecule has 96 valence electrons. The van der Waals surface area contributed by atoms with E-state index in [0.717, 1.165) is 12.1 Å². The van der Waals surface area contributed by atoms with E-state index in [-0.39, 0.29) is 0 Å². The molecule has 0 fully saturated rings. The van der Waals surface area contributed by atoms with Crippen LogP contribution in [0.2, 0.25) is 0 Å². The van der Waals surface area contributed by atoms with Crippen LogP contribution in [-0.2, 0) is 12.7 Å². The number of nitrogens with two attached hydrogens (primary N) is 1. The van der Waals surface area contributed by atoms with Gasteiger partial charge in [0.2, 0.25) is 0 Å². The van der Waals surface area contributed by atoms with Crippen LogP contribution in [0.4, 0.5) is 13.2 Å². The molecular weight excluding hydrogens is 243 g/mol. The summed E-state index contributed by atoms with van der Waals surface area (Å²) in [5.41, 5.74) is 6.02. The Labute approximate surface area is 102 Å². The lowest BCUT2D eigenvalue weighted by molar-refractivity contribution is -0.137. The van der Waals surface area contributed by atoms with Crippen LogP contribution in [0, 0.1) is 0 Å². The van der Waals surface area contributed by atoms with E-state index in [4.69, 9.17) is 5.73 Å². The highest BCUT2D eigenvalue weighted by Crippen LogP contribution is 2.30. The van der Waals surface area contributed by atoms with Crippen LogP contribution in [0.3, 0.4) is 0 Å². The van der Waals surface area contributed by atoms with Crippen LogP contribution >= 0.6 is 0 Å². The monoisotopic (exact) mass is 255 g/mol. The summed E-state index contributed by atoms with van der Waals surface area (Å²) in [6.07, 6.45) is -2.56. The summed E-state index contributed by atoms with van der Waals surface area (Å²) in [6, 6.07) is 6.68. The van der Waals surface area contributed by atoms with Crippen molar-refractivity contribution in [1.29, 1.82) is 0 Å². The van der Waals surface area contributed by atoms with Gasteiger partial charge in [0.25, 0.3) is 0 Å². The van der Waals surface area contributed by atoms with Gasteiger partial charge in [-0.1, -0.05) is 12.1 Å². The number of alkyl halides is 3. The molecule has 3 nitrogen and oxygen atoms in total. The third-order valence-electron chi connectivity index (χ3n) is 2.51. The number of halogens is 3. The van der Waals surface area contributed by atoms with Crippen LogP contribution in [0.5, 0.6) is 0 Å². The average Bonchev–Trinajstić information content (AvgIpc) is 2.77. The summed E-state index contributed by atoms with van der Waals surface area (Å²) in [5.74, 6) is 0. The molecule has 1 aromatic heterocycles. The van der Waals surface area contributed by atoms with E-state index in [1.807, 2.05) is 0 Å². The van der Waals surface area contributed by atoms with Crippen molar-refractivity contribution in [2.75, 3.05) is 6.54 Å². The predicted molar refractivity (Wildman–Crippen MR) is 61.7 cm³/mol. The van der Waals surface area contributed by atoms with Gasteiger partial charge in [-0.2, -0.15) is 18.3 Å². The van der Waals surface area contributed by atoms with Gasteiger partial charge >= 0.3 is 6.18 Å². The zero-order valence-corrected chi connectivity index (χ0v) is 9.48. The number of rotatable bonds is 3. The highest BCUT2D eigenvalue weighted by molar-refractivity contribution is 5.58. The molecule has 6 heteroatoms. The molecule has 18 heavy (non-hydrogen) atoms. The summed E-state index contributed by atoms with van der Waals surface area (Å²) in [4.78, 5) is 0. The summed E-state index contributed by atoms with van der Waals surface area (Å²) in [5, 5.41) is 4.22. The quantitative estimate of drug-likeness (QED) is 0.915. The molecule has 0 saturated carbocycles. The largest absolute Gasteiger partial charge is 0.416 e. The standard InChI is InChI=1S/C12H12F3N3/c13-12(14,15)10-3-1-9(2-4-10)11-5-7-18(17-11)8-6-16/h1-5,7H,6,8,16H2. The SMILES string of the molecule is NCCn1ccc(-c2ccc(C(F)(F)F)cc2)n1. The van der Waals surface area contributed by atoms with Crippen LogP contribution in [0.1, 0.15) is 5.56 Å². The maximum atomic E-state index is 12.4. The van der Waals surface area contributed by atoms with Crippen LogP contribution in [0.15, 0.2) is 36.5 Å². The lowest BCUT2D eigenvalue weighted by Crippen LogP contribution is -2.10. The lowest BCUT2D eigenvalue weighted by Gasteiger charge is -2.06. The van der Waals surface area contributed by atoms with E-state index in [1.165, 1.54) is 12.1 Å². The van der Waals surface area contributed by atoms with Gasteiger partial charge < -0.3 is 5.73 Å². The molecule has 2 rings (SSSR count). The Morgan fingerprint density at radius 2 is 1.78 bits per heavy atom. The normalized spacial score (nSPS) is 11.8. The highest BCUT2D eigenvalue weighted by Gasteiger charge is 2.29. The molecule has 0 saturated heterocycles. The Balaban J connectivity index is 2.23. The minimum atomic E-state index is -4.31. The molecule has 0 radical (unpaired) electrons. The van der Waals surface area contributed by atoms with Crippen molar-refractivity contribution in [1.82, 2.24) is 9.78 Å². The molecule has 1 heterocycles. The van der Waals surface area contributed by atoms with Crippen molar-refractivity contribution in [3.63, 3.8) is 0 Å². The maximum Gasteiger partial charge on any atom is 0.416 e. The first kappa shape index (κ1) is 12.6. The Hall–Kier alpha value is -1.82. The minimum absolute atomic E-state index is 0.466. The zero-order valence-electron chi connectivity index (χ0n) is 9.48. The van der Waals surface area contributed by atoms with Gasteiger partial charge in [-0.05, 0) is 18.2 Å². The molecule has 0 aliphatic carbocycles. The van der Waals surface area contributed by atoms with E-state index in [0.29, 0.717) is 24.3 Å². The molecule has 0 spiro atoms. The smallest absolute Gasteiger partial charge is 0.329 e. The molecule has 2 N–H and O–H groups in total. The molecule has 0 amide bonds. The number of hydrogen-bond donors (Lipinski definition) is 1. The molecule has 2 aromatic rings. The third kappa shape index (κ3) is 2.70. The minimum Gasteiger partial charge on any atom is -0.329 e. The van der Waals surface area contributed by atoms with E-state index < -0.39 is 11.7 Å². The van der Waals surface area contributed by atoms with Crippen molar-refractivity contribution in [2.24, 2.45) is 5.73 Å². The van der Waals surface area contributed by atoms with Crippen LogP contribution < -0.4 is 5.73 Å². The first-order chi connectivity index (χ1) is 8.50. The van der Waals surface area contributed by atoms with Gasteiger partial charge in [-0.3, -0.25) is 4.68 Å². The van der Waals surface area contributed by atoms with Crippen LogP contribution in [0.25, 0.3) is 11.3 Å². The van der Waals surface area contributed by atoms with Gasteiger partial charge in [-0.25, -0.2) is 0 Å². The van der Waals surface area contributed by atoms with Crippen molar-refractivity contribution in [3.05, 3.63) is 42.1 Å². The zero-order chi connectivity index (χ0) is 13.2. The second-order valence-corrected chi connectivity index (χ2v) is 3.83. The van der Waals surface area contributed by atoms with E-state index in [2.05, 4.69) is 5.10 Å². The molecular formula is C12H12F3N3. The highest BCUT2D eigenvalue weighted by atomic mass is 19.4. The maximum absolute atomic E-state index is 12.4. The Kier molecular flexibility index (Phi) is 3.38. The van der Waals surface area contributed by atoms with Gasteiger partial charge in [0.15, 0.2) is 0 Å². The van der Waals surface area contributed by atoms with Crippen molar-refractivity contribution >= 4 is 0 Å². The van der Waals surface area contributed by atoms with Gasteiger partial charge in [0.05, 0.1) is 17.8 Å². The van der Waals surface area contributed by atoms with Gasteiger partial charge in [0.1, 0.15) is 0 Å². The molecule has 0 aliphatic heterocycles. The van der Waals surface area contributed by atoms with E-state index in [9.17, 15) is 13.2 Å². The second kappa shape index (κ2) is 4.81. The molecule has 0 aliphatic rings. The third-order valence-corrected chi connectivity index (χ3v) is 2.51. The fourth-order valence-electron chi connectivity index (χ4n) is 1.60. The lowest BCUT2D eigenvalue weighted by atomic mass is 10.1. The first-order valence-electron chi connectivity index (χ1n) is 5.42. The number of nitrogens with zero attached hydrogens (tertiary/aromatic N) is 2. The second-order valence-electron chi connectivity index (χ2n) is 3.83. The average molecular weight is 255 g/mol. The Morgan fingerprint density at radius 3 is 2.33 bits per heavy atom. The number of hydrogen-bond acceptors (Lipinski definition) is 2. The van der Waals surface area contributed by atoms with Crippen LogP contribution in [-0.4, -0.2) is 16.3 Å². The van der Waals surface area contributed by atoms with Gasteiger partial charge in [-0.15, -0.1) is 0 Å². The molecule has 0 unspecified atom stereocenters. The topological polar surface area (TPSA) is 43.8 Å². The molecule has 0 bridgehead atoms. The summed E-state index contributed by atoms with van der Waals surface area (Å²) in [7, 11) is 0. The number of aromatic nitrogens is 2. The van der Waals surface area contributed by atoms with Crippen molar-refractivity contribution in [2.45, 2.75) is 12.7 Å². The number of benzene rings is 1. The van der Waals surface area contributed by atoms with Crippen molar-refractivity contribution in [3.8, 4) is 11.3 Å². The van der Waals surface area contributed by atoms with Gasteiger partial charge in [0, 0.05) is 18.3 Å². The fraction of sp³-hybridized carbons (Fsp3) is 0.250. The summed E-state index contributed by atoms with van der Waals surface area (Å²) >= 11 is 0. The van der Waals surface area contributed by atoms with E-state index in [1.54, 1.807) is 16.9 Å². The fourth-order valence-corrected chi connectivity index (χ4v) is 1.60. The Bertz CT molecular complexity index is 514. The molecule has 1 aromatic carbocycles. The molecule has 0 atom stereocenters.